The van der Waals surface area contributed by atoms with E-state index < -0.39 is 0 Å². The first kappa shape index (κ1) is 9.97. The van der Waals surface area contributed by atoms with Crippen LogP contribution in [-0.4, -0.2) is 21.3 Å². The number of anilines is 1. The standard InChI is InChI=1S/C12H14ClN3/c13-10(9-4-5-9)8-15-12-3-1-2-11-14-6-7-16(11)12/h1-3,6-7,9-10,15H,4-5,8H2. The van der Waals surface area contributed by atoms with Crippen LogP contribution in [0.1, 0.15) is 12.8 Å². The highest BCUT2D eigenvalue weighted by atomic mass is 35.5. The number of imidazole rings is 1. The lowest BCUT2D eigenvalue weighted by atomic mass is 10.3. The van der Waals surface area contributed by atoms with Crippen LogP contribution in [0.15, 0.2) is 30.6 Å². The number of halogens is 1. The number of aromatic nitrogens is 2. The second-order valence-electron chi connectivity index (χ2n) is 4.30. The quantitative estimate of drug-likeness (QED) is 0.826. The molecule has 1 aliphatic rings. The molecule has 0 aliphatic heterocycles. The van der Waals surface area contributed by atoms with Crippen LogP contribution in [0.3, 0.4) is 0 Å². The molecule has 2 aromatic heterocycles. The molecule has 0 amide bonds. The van der Waals surface area contributed by atoms with Gasteiger partial charge in [-0.15, -0.1) is 11.6 Å². The van der Waals surface area contributed by atoms with Crippen molar-refractivity contribution in [2.45, 2.75) is 18.2 Å². The summed E-state index contributed by atoms with van der Waals surface area (Å²) in [5.41, 5.74) is 0.961. The Morgan fingerprint density at radius 2 is 2.38 bits per heavy atom. The molecule has 0 spiro atoms. The highest BCUT2D eigenvalue weighted by Crippen LogP contribution is 2.35. The van der Waals surface area contributed by atoms with Gasteiger partial charge in [0.2, 0.25) is 0 Å². The number of pyridine rings is 1. The van der Waals surface area contributed by atoms with Crippen molar-refractivity contribution in [1.82, 2.24) is 9.38 Å². The molecule has 0 radical (unpaired) electrons. The van der Waals surface area contributed by atoms with Crippen LogP contribution in [0.2, 0.25) is 0 Å². The van der Waals surface area contributed by atoms with Crippen LogP contribution in [-0.2, 0) is 0 Å². The van der Waals surface area contributed by atoms with Crippen molar-refractivity contribution in [3.8, 4) is 0 Å². The maximum Gasteiger partial charge on any atom is 0.138 e. The first-order valence-electron chi connectivity index (χ1n) is 5.64. The Bertz CT molecular complexity index is 490. The Balaban J connectivity index is 1.75. The van der Waals surface area contributed by atoms with E-state index in [9.17, 15) is 0 Å². The molecule has 2 aromatic rings. The molecule has 1 N–H and O–H groups in total. The van der Waals surface area contributed by atoms with Crippen molar-refractivity contribution < 1.29 is 0 Å². The summed E-state index contributed by atoms with van der Waals surface area (Å²) in [5, 5.41) is 3.63. The van der Waals surface area contributed by atoms with E-state index in [4.69, 9.17) is 11.6 Å². The van der Waals surface area contributed by atoms with E-state index in [0.717, 1.165) is 23.9 Å². The van der Waals surface area contributed by atoms with Crippen LogP contribution >= 0.6 is 11.6 Å². The summed E-state index contributed by atoms with van der Waals surface area (Å²) in [6.45, 7) is 0.823. The number of alkyl halides is 1. The van der Waals surface area contributed by atoms with Crippen LogP contribution in [0.5, 0.6) is 0 Å². The van der Waals surface area contributed by atoms with Crippen LogP contribution < -0.4 is 5.32 Å². The molecule has 2 heterocycles. The molecule has 16 heavy (non-hydrogen) atoms. The third kappa shape index (κ3) is 1.87. The highest BCUT2D eigenvalue weighted by molar-refractivity contribution is 6.21. The van der Waals surface area contributed by atoms with Crippen molar-refractivity contribution in [3.05, 3.63) is 30.6 Å². The molecule has 1 atom stereocenters. The molecule has 0 saturated heterocycles. The molecule has 1 unspecified atom stereocenters. The van der Waals surface area contributed by atoms with Gasteiger partial charge in [-0.3, -0.25) is 4.40 Å². The van der Waals surface area contributed by atoms with Gasteiger partial charge < -0.3 is 5.32 Å². The Hall–Kier alpha value is -1.22. The Kier molecular flexibility index (Phi) is 2.48. The van der Waals surface area contributed by atoms with E-state index in [1.165, 1.54) is 12.8 Å². The average molecular weight is 236 g/mol. The predicted molar refractivity (Wildman–Crippen MR) is 66.0 cm³/mol. The lowest BCUT2D eigenvalue weighted by molar-refractivity contribution is 0.767. The number of hydrogen-bond donors (Lipinski definition) is 1. The minimum absolute atomic E-state index is 0.249. The molecule has 0 bridgehead atoms. The predicted octanol–water partition coefficient (Wildman–Crippen LogP) is 2.76. The van der Waals surface area contributed by atoms with Gasteiger partial charge in [0.05, 0.1) is 5.38 Å². The first-order valence-corrected chi connectivity index (χ1v) is 6.08. The van der Waals surface area contributed by atoms with Crippen molar-refractivity contribution in [2.75, 3.05) is 11.9 Å². The zero-order chi connectivity index (χ0) is 11.0. The van der Waals surface area contributed by atoms with Gasteiger partial charge >= 0.3 is 0 Å². The monoisotopic (exact) mass is 235 g/mol. The minimum atomic E-state index is 0.249. The van der Waals surface area contributed by atoms with Gasteiger partial charge in [-0.2, -0.15) is 0 Å². The lowest BCUT2D eigenvalue weighted by Crippen LogP contribution is -2.17. The maximum atomic E-state index is 6.27. The number of nitrogens with zero attached hydrogens (tertiary/aromatic N) is 2. The fourth-order valence-corrected chi connectivity index (χ4v) is 2.25. The largest absolute Gasteiger partial charge is 0.370 e. The fraction of sp³-hybridized carbons (Fsp3) is 0.417. The summed E-state index contributed by atoms with van der Waals surface area (Å²) >= 11 is 6.27. The summed E-state index contributed by atoms with van der Waals surface area (Å²) in [5.74, 6) is 1.78. The number of fused-ring (bicyclic) bond motifs is 1. The molecular formula is C12H14ClN3. The van der Waals surface area contributed by atoms with Gasteiger partial charge in [0, 0.05) is 18.9 Å². The van der Waals surface area contributed by atoms with E-state index in [0.29, 0.717) is 0 Å². The molecule has 0 aromatic carbocycles. The molecule has 4 heteroatoms. The SMILES string of the molecule is ClC(CNc1cccc2nccn12)C1CC1. The summed E-state index contributed by atoms with van der Waals surface area (Å²) < 4.78 is 2.04. The zero-order valence-corrected chi connectivity index (χ0v) is 9.69. The Labute approximate surface area is 99.4 Å². The molecule has 1 saturated carbocycles. The Morgan fingerprint density at radius 3 is 3.19 bits per heavy atom. The van der Waals surface area contributed by atoms with Crippen molar-refractivity contribution in [3.63, 3.8) is 0 Å². The topological polar surface area (TPSA) is 29.3 Å². The third-order valence-electron chi connectivity index (χ3n) is 3.04. The number of nitrogens with one attached hydrogen (secondary N) is 1. The second kappa shape index (κ2) is 3.98. The molecule has 84 valence electrons. The minimum Gasteiger partial charge on any atom is -0.370 e. The van der Waals surface area contributed by atoms with Gasteiger partial charge in [-0.25, -0.2) is 4.98 Å². The Morgan fingerprint density at radius 1 is 1.50 bits per heavy atom. The van der Waals surface area contributed by atoms with E-state index in [-0.39, 0.29) is 5.38 Å². The average Bonchev–Trinajstić information content (AvgIpc) is 3.04. The summed E-state index contributed by atoms with van der Waals surface area (Å²) in [6.07, 6.45) is 6.33. The summed E-state index contributed by atoms with van der Waals surface area (Å²) in [4.78, 5) is 4.24. The van der Waals surface area contributed by atoms with Gasteiger partial charge in [0.15, 0.2) is 0 Å². The third-order valence-corrected chi connectivity index (χ3v) is 3.55. The van der Waals surface area contributed by atoms with E-state index in [2.05, 4.69) is 10.3 Å². The zero-order valence-electron chi connectivity index (χ0n) is 8.94. The van der Waals surface area contributed by atoms with Crippen LogP contribution in [0.25, 0.3) is 5.65 Å². The van der Waals surface area contributed by atoms with Crippen molar-refractivity contribution in [2.24, 2.45) is 5.92 Å². The van der Waals surface area contributed by atoms with Crippen LogP contribution in [0.4, 0.5) is 5.82 Å². The smallest absolute Gasteiger partial charge is 0.138 e. The fourth-order valence-electron chi connectivity index (χ4n) is 1.92. The van der Waals surface area contributed by atoms with Gasteiger partial charge in [0.1, 0.15) is 11.5 Å². The summed E-state index contributed by atoms with van der Waals surface area (Å²) in [6, 6.07) is 6.04. The normalized spacial score (nSPS) is 17.6. The summed E-state index contributed by atoms with van der Waals surface area (Å²) in [7, 11) is 0. The maximum absolute atomic E-state index is 6.27. The molecule has 3 rings (SSSR count). The van der Waals surface area contributed by atoms with Gasteiger partial charge in [-0.1, -0.05) is 6.07 Å². The van der Waals surface area contributed by atoms with Crippen LogP contribution in [0, 0.1) is 5.92 Å². The second-order valence-corrected chi connectivity index (χ2v) is 4.86. The number of hydrogen-bond acceptors (Lipinski definition) is 2. The van der Waals surface area contributed by atoms with Gasteiger partial charge in [-0.05, 0) is 30.9 Å². The molecule has 3 nitrogen and oxygen atoms in total. The number of rotatable bonds is 4. The highest BCUT2D eigenvalue weighted by Gasteiger charge is 2.29. The lowest BCUT2D eigenvalue weighted by Gasteiger charge is -2.12. The van der Waals surface area contributed by atoms with E-state index in [1.54, 1.807) is 6.20 Å². The van der Waals surface area contributed by atoms with Crippen molar-refractivity contribution >= 4 is 23.1 Å². The molecule has 1 fully saturated rings. The first-order chi connectivity index (χ1) is 7.84. The van der Waals surface area contributed by atoms with E-state index in [1.807, 2.05) is 28.8 Å². The van der Waals surface area contributed by atoms with Gasteiger partial charge in [0.25, 0.3) is 0 Å². The van der Waals surface area contributed by atoms with Crippen molar-refractivity contribution in [1.29, 1.82) is 0 Å². The molecule has 1 aliphatic carbocycles. The van der Waals surface area contributed by atoms with E-state index >= 15 is 0 Å². The molecular weight excluding hydrogens is 222 g/mol.